The highest BCUT2D eigenvalue weighted by molar-refractivity contribution is 7.89. The molecule has 1 aromatic rings. The third-order valence-corrected chi connectivity index (χ3v) is 4.50. The maximum atomic E-state index is 13.3. The number of rotatable bonds is 6. The van der Waals surface area contributed by atoms with Crippen molar-refractivity contribution in [1.82, 2.24) is 9.62 Å². The van der Waals surface area contributed by atoms with Gasteiger partial charge in [0, 0.05) is 13.6 Å². The molecule has 0 heterocycles. The lowest BCUT2D eigenvalue weighted by Gasteiger charge is -2.18. The van der Waals surface area contributed by atoms with Crippen molar-refractivity contribution in [3.8, 4) is 0 Å². The van der Waals surface area contributed by atoms with Gasteiger partial charge in [0.1, 0.15) is 10.7 Å². The number of hydrogen-bond acceptors (Lipinski definition) is 4. The van der Waals surface area contributed by atoms with Gasteiger partial charge in [-0.15, -0.1) is 0 Å². The number of nitrogens with two attached hydrogens (primary N) is 1. The summed E-state index contributed by atoms with van der Waals surface area (Å²) in [4.78, 5) is 11.2. The van der Waals surface area contributed by atoms with Gasteiger partial charge in [-0.2, -0.15) is 4.31 Å². The van der Waals surface area contributed by atoms with Crippen LogP contribution < -0.4 is 11.1 Å². The quantitative estimate of drug-likeness (QED) is 0.751. The second-order valence-corrected chi connectivity index (χ2v) is 6.28. The molecule has 20 heavy (non-hydrogen) atoms. The van der Waals surface area contributed by atoms with Gasteiger partial charge in [-0.1, -0.05) is 13.0 Å². The number of amides is 1. The zero-order valence-electron chi connectivity index (χ0n) is 11.4. The lowest BCUT2D eigenvalue weighted by atomic mass is 10.3. The first-order valence-electron chi connectivity index (χ1n) is 6.07. The molecule has 0 fully saturated rings. The van der Waals surface area contributed by atoms with Crippen LogP contribution in [0.3, 0.4) is 0 Å². The largest absolute Gasteiger partial charge is 0.395 e. The summed E-state index contributed by atoms with van der Waals surface area (Å²) in [6, 6.07) is 3.53. The van der Waals surface area contributed by atoms with E-state index in [0.717, 1.165) is 16.8 Å². The molecule has 0 aliphatic carbocycles. The van der Waals surface area contributed by atoms with E-state index in [0.29, 0.717) is 6.54 Å². The van der Waals surface area contributed by atoms with Gasteiger partial charge < -0.3 is 11.1 Å². The fraction of sp³-hybridized carbons (Fsp3) is 0.417. The van der Waals surface area contributed by atoms with Gasteiger partial charge in [0.15, 0.2) is 0 Å². The lowest BCUT2D eigenvalue weighted by molar-refractivity contribution is -0.121. The van der Waals surface area contributed by atoms with Crippen LogP contribution in [0.4, 0.5) is 10.1 Å². The van der Waals surface area contributed by atoms with E-state index in [4.69, 9.17) is 5.73 Å². The Morgan fingerprint density at radius 1 is 1.45 bits per heavy atom. The van der Waals surface area contributed by atoms with Crippen LogP contribution in [0.15, 0.2) is 23.1 Å². The molecule has 0 spiro atoms. The third kappa shape index (κ3) is 3.67. The van der Waals surface area contributed by atoms with Crippen LogP contribution in [-0.2, 0) is 14.8 Å². The molecule has 3 N–H and O–H groups in total. The van der Waals surface area contributed by atoms with Gasteiger partial charge in [0.25, 0.3) is 0 Å². The maximum Gasteiger partial charge on any atom is 0.245 e. The lowest BCUT2D eigenvalue weighted by Crippen LogP contribution is -2.38. The van der Waals surface area contributed by atoms with Crippen molar-refractivity contribution in [2.75, 3.05) is 25.9 Å². The van der Waals surface area contributed by atoms with E-state index in [9.17, 15) is 17.6 Å². The third-order valence-electron chi connectivity index (χ3n) is 2.64. The number of benzene rings is 1. The van der Waals surface area contributed by atoms with Crippen LogP contribution in [0.5, 0.6) is 0 Å². The molecule has 0 aliphatic heterocycles. The summed E-state index contributed by atoms with van der Waals surface area (Å²) in [5.41, 5.74) is 4.99. The Balaban J connectivity index is 2.93. The monoisotopic (exact) mass is 303 g/mol. The molecule has 8 heteroatoms. The summed E-state index contributed by atoms with van der Waals surface area (Å²) in [7, 11) is -2.76. The molecule has 0 unspecified atom stereocenters. The Morgan fingerprint density at radius 2 is 2.10 bits per heavy atom. The average molecular weight is 303 g/mol. The normalized spacial score (nSPS) is 11.6. The van der Waals surface area contributed by atoms with E-state index in [-0.39, 0.29) is 11.4 Å². The molecule has 1 amide bonds. The van der Waals surface area contributed by atoms with Gasteiger partial charge in [0.05, 0.1) is 12.2 Å². The maximum absolute atomic E-state index is 13.3. The Kier molecular flexibility index (Phi) is 5.46. The van der Waals surface area contributed by atoms with Crippen molar-refractivity contribution in [2.24, 2.45) is 0 Å². The highest BCUT2D eigenvalue weighted by Crippen LogP contribution is 2.23. The Hall–Kier alpha value is -1.67. The van der Waals surface area contributed by atoms with E-state index in [1.165, 1.54) is 19.2 Å². The SMILES string of the molecule is CCCNC(=O)CN(C)S(=O)(=O)c1cccc(F)c1N. The van der Waals surface area contributed by atoms with E-state index in [1.807, 2.05) is 6.92 Å². The second-order valence-electron chi connectivity index (χ2n) is 4.26. The van der Waals surface area contributed by atoms with E-state index in [2.05, 4.69) is 5.32 Å². The predicted molar refractivity (Wildman–Crippen MR) is 73.9 cm³/mol. The minimum Gasteiger partial charge on any atom is -0.395 e. The fourth-order valence-corrected chi connectivity index (χ4v) is 2.77. The molecule has 0 atom stereocenters. The number of likely N-dealkylation sites (N-methyl/N-ethyl adjacent to an activating group) is 1. The smallest absolute Gasteiger partial charge is 0.245 e. The average Bonchev–Trinajstić information content (AvgIpc) is 2.39. The molecule has 1 rings (SSSR count). The number of hydrogen-bond donors (Lipinski definition) is 2. The van der Waals surface area contributed by atoms with Crippen molar-refractivity contribution in [3.63, 3.8) is 0 Å². The van der Waals surface area contributed by atoms with Crippen LogP contribution in [0, 0.1) is 5.82 Å². The van der Waals surface area contributed by atoms with E-state index in [1.54, 1.807) is 0 Å². The predicted octanol–water partition coefficient (Wildman–Crippen LogP) is 0.555. The molecular weight excluding hydrogens is 285 g/mol. The highest BCUT2D eigenvalue weighted by atomic mass is 32.2. The number of halogens is 1. The number of carbonyl (C=O) groups excluding carboxylic acids is 1. The number of nitrogen functional groups attached to an aromatic ring is 1. The number of para-hydroxylation sites is 1. The number of sulfonamides is 1. The summed E-state index contributed by atoms with van der Waals surface area (Å²) < 4.78 is 38.6. The first-order valence-corrected chi connectivity index (χ1v) is 7.51. The van der Waals surface area contributed by atoms with E-state index < -0.39 is 27.4 Å². The highest BCUT2D eigenvalue weighted by Gasteiger charge is 2.26. The van der Waals surface area contributed by atoms with Crippen LogP contribution in [0.2, 0.25) is 0 Å². The van der Waals surface area contributed by atoms with Crippen molar-refractivity contribution in [2.45, 2.75) is 18.2 Å². The van der Waals surface area contributed by atoms with Crippen molar-refractivity contribution in [1.29, 1.82) is 0 Å². The summed E-state index contributed by atoms with van der Waals surface area (Å²) in [5, 5.41) is 2.56. The number of nitrogens with zero attached hydrogens (tertiary/aromatic N) is 1. The van der Waals surface area contributed by atoms with Crippen LogP contribution >= 0.6 is 0 Å². The molecule has 1 aromatic carbocycles. The van der Waals surface area contributed by atoms with Gasteiger partial charge >= 0.3 is 0 Å². The Labute approximate surface area is 117 Å². The van der Waals surface area contributed by atoms with Crippen molar-refractivity contribution >= 4 is 21.6 Å². The first kappa shape index (κ1) is 16.4. The van der Waals surface area contributed by atoms with Gasteiger partial charge in [-0.25, -0.2) is 12.8 Å². The van der Waals surface area contributed by atoms with Crippen LogP contribution in [0.1, 0.15) is 13.3 Å². The zero-order chi connectivity index (χ0) is 15.3. The molecule has 112 valence electrons. The standard InChI is InChI=1S/C12H18FN3O3S/c1-3-7-15-11(17)8-16(2)20(18,19)10-6-4-5-9(13)12(10)14/h4-6H,3,7-8,14H2,1-2H3,(H,15,17). The van der Waals surface area contributed by atoms with Crippen molar-refractivity contribution < 1.29 is 17.6 Å². The van der Waals surface area contributed by atoms with Crippen molar-refractivity contribution in [3.05, 3.63) is 24.0 Å². The summed E-state index contributed by atoms with van der Waals surface area (Å²) in [6.45, 7) is 2.00. The molecule has 0 bridgehead atoms. The number of carbonyl (C=O) groups is 1. The first-order chi connectivity index (χ1) is 9.30. The topological polar surface area (TPSA) is 92.5 Å². The second kappa shape index (κ2) is 6.67. The molecular formula is C12H18FN3O3S. The van der Waals surface area contributed by atoms with E-state index >= 15 is 0 Å². The molecule has 0 saturated heterocycles. The van der Waals surface area contributed by atoms with Gasteiger partial charge in [-0.3, -0.25) is 4.79 Å². The summed E-state index contributed by atoms with van der Waals surface area (Å²) >= 11 is 0. The van der Waals surface area contributed by atoms with Gasteiger partial charge in [0.2, 0.25) is 15.9 Å². The fourth-order valence-electron chi connectivity index (χ4n) is 1.52. The summed E-state index contributed by atoms with van der Waals surface area (Å²) in [5.74, 6) is -1.23. The van der Waals surface area contributed by atoms with Crippen LogP contribution in [-0.4, -0.2) is 38.8 Å². The molecule has 0 saturated carbocycles. The van der Waals surface area contributed by atoms with Gasteiger partial charge in [-0.05, 0) is 18.6 Å². The molecule has 0 aromatic heterocycles. The molecule has 0 aliphatic rings. The summed E-state index contributed by atoms with van der Waals surface area (Å²) in [6.07, 6.45) is 0.749. The number of anilines is 1. The Morgan fingerprint density at radius 3 is 2.70 bits per heavy atom. The molecule has 0 radical (unpaired) electrons. The molecule has 6 nitrogen and oxygen atoms in total. The minimum absolute atomic E-state index is 0.344. The number of nitrogens with one attached hydrogen (secondary N) is 1. The minimum atomic E-state index is -4.00. The zero-order valence-corrected chi connectivity index (χ0v) is 12.2. The van der Waals surface area contributed by atoms with Crippen LogP contribution in [0.25, 0.3) is 0 Å². The Bertz CT molecular complexity index is 590.